The first-order valence-electron chi connectivity index (χ1n) is 9.74. The molecule has 1 aliphatic rings. The molecule has 1 aliphatic heterocycles. The van der Waals surface area contributed by atoms with Crippen LogP contribution in [-0.4, -0.2) is 17.1 Å². The minimum atomic E-state index is -0.529. The summed E-state index contributed by atoms with van der Waals surface area (Å²) in [6.07, 6.45) is 1.87. The lowest BCUT2D eigenvalue weighted by molar-refractivity contribution is -0.140. The number of carbonyl (C=O) groups excluding carboxylic acids is 1. The molecule has 0 aliphatic carbocycles. The molecule has 0 amide bonds. The highest BCUT2D eigenvalue weighted by Gasteiger charge is 2.34. The Labute approximate surface area is 182 Å². The highest BCUT2D eigenvalue weighted by Crippen LogP contribution is 2.33. The third kappa shape index (κ3) is 3.95. The number of allylic oxidation sites excluding steroid dienone is 1. The lowest BCUT2D eigenvalue weighted by Crippen LogP contribution is -2.39. The summed E-state index contributed by atoms with van der Waals surface area (Å²) in [6, 6.07) is 13.1. The predicted molar refractivity (Wildman–Crippen MR) is 120 cm³/mol. The molecule has 30 heavy (non-hydrogen) atoms. The molecular formula is C23H22N2O3S2. The first-order chi connectivity index (χ1) is 14.5. The van der Waals surface area contributed by atoms with Crippen molar-refractivity contribution in [3.8, 4) is 0 Å². The van der Waals surface area contributed by atoms with E-state index < -0.39 is 12.0 Å². The van der Waals surface area contributed by atoms with Crippen molar-refractivity contribution in [3.63, 3.8) is 0 Å². The Balaban J connectivity index is 1.88. The van der Waals surface area contributed by atoms with E-state index in [9.17, 15) is 9.59 Å². The molecule has 0 bridgehead atoms. The van der Waals surface area contributed by atoms with E-state index in [4.69, 9.17) is 4.74 Å². The smallest absolute Gasteiger partial charge is 0.338 e. The zero-order valence-corrected chi connectivity index (χ0v) is 18.6. The van der Waals surface area contributed by atoms with Crippen molar-refractivity contribution in [2.75, 3.05) is 6.61 Å². The number of nitrogens with zero attached hydrogens (tertiary/aromatic N) is 2. The van der Waals surface area contributed by atoms with Crippen molar-refractivity contribution in [3.05, 3.63) is 89.2 Å². The van der Waals surface area contributed by atoms with Crippen molar-refractivity contribution >= 4 is 34.7 Å². The number of esters is 1. The molecule has 3 heterocycles. The van der Waals surface area contributed by atoms with Gasteiger partial charge in [0.2, 0.25) is 0 Å². The Morgan fingerprint density at radius 3 is 2.67 bits per heavy atom. The first kappa shape index (κ1) is 20.5. The number of ether oxygens (including phenoxy) is 1. The fraction of sp³-hybridized carbons (Fsp3) is 0.261. The largest absolute Gasteiger partial charge is 0.462 e. The summed E-state index contributed by atoms with van der Waals surface area (Å²) in [5.74, 6) is -0.192. The molecule has 3 aromatic rings. The summed E-state index contributed by atoms with van der Waals surface area (Å²) in [4.78, 5) is 32.5. The summed E-state index contributed by atoms with van der Waals surface area (Å²) in [5.41, 5.74) is 1.82. The van der Waals surface area contributed by atoms with Gasteiger partial charge in [-0.15, -0.1) is 11.3 Å². The normalized spacial score (nSPS) is 16.5. The average Bonchev–Trinajstić information content (AvgIpc) is 3.35. The van der Waals surface area contributed by atoms with Crippen molar-refractivity contribution in [1.82, 2.24) is 4.57 Å². The fourth-order valence-corrected chi connectivity index (χ4v) is 5.19. The number of aromatic nitrogens is 1. The second-order valence-electron chi connectivity index (χ2n) is 7.50. The van der Waals surface area contributed by atoms with Gasteiger partial charge >= 0.3 is 5.97 Å². The molecular weight excluding hydrogens is 416 g/mol. The van der Waals surface area contributed by atoms with Gasteiger partial charge in [-0.2, -0.15) is 0 Å². The molecule has 4 rings (SSSR count). The Kier molecular flexibility index (Phi) is 5.83. The number of fused-ring (bicyclic) bond motifs is 1. The van der Waals surface area contributed by atoms with E-state index in [1.54, 1.807) is 11.5 Å². The minimum absolute atomic E-state index is 0.150. The quantitative estimate of drug-likeness (QED) is 0.573. The van der Waals surface area contributed by atoms with Gasteiger partial charge in [-0.05, 0) is 35.9 Å². The standard InChI is InChI=1S/C23H22N2O3S2/c1-14(2)13-28-22(27)19-15(3)24-23-25(20(19)17-10-7-11-29-17)21(26)18(30-23)12-16-8-5-4-6-9-16/h4-12,14,20H,13H2,1-3H3. The maximum atomic E-state index is 13.4. The highest BCUT2D eigenvalue weighted by molar-refractivity contribution is 7.10. The van der Waals surface area contributed by atoms with Crippen LogP contribution in [0.2, 0.25) is 0 Å². The third-order valence-corrected chi connectivity index (χ3v) is 6.61. The number of thiophene rings is 1. The number of carbonyl (C=O) groups is 1. The Morgan fingerprint density at radius 2 is 2.00 bits per heavy atom. The van der Waals surface area contributed by atoms with Crippen LogP contribution in [0.25, 0.3) is 6.08 Å². The highest BCUT2D eigenvalue weighted by atomic mass is 32.1. The van der Waals surface area contributed by atoms with Crippen LogP contribution >= 0.6 is 22.7 Å². The van der Waals surface area contributed by atoms with Gasteiger partial charge in [0.15, 0.2) is 4.80 Å². The summed E-state index contributed by atoms with van der Waals surface area (Å²) in [6.45, 7) is 6.11. The monoisotopic (exact) mass is 438 g/mol. The van der Waals surface area contributed by atoms with E-state index in [0.29, 0.717) is 27.2 Å². The molecule has 2 aromatic heterocycles. The molecule has 0 radical (unpaired) electrons. The molecule has 1 unspecified atom stereocenters. The summed E-state index contributed by atoms with van der Waals surface area (Å²) >= 11 is 2.85. The molecule has 0 saturated carbocycles. The van der Waals surface area contributed by atoms with Crippen LogP contribution in [0.4, 0.5) is 0 Å². The van der Waals surface area contributed by atoms with Gasteiger partial charge in [0.25, 0.3) is 5.56 Å². The van der Waals surface area contributed by atoms with E-state index in [-0.39, 0.29) is 11.5 Å². The Hall–Kier alpha value is -2.77. The van der Waals surface area contributed by atoms with Gasteiger partial charge in [0.05, 0.1) is 22.4 Å². The van der Waals surface area contributed by atoms with Crippen LogP contribution in [-0.2, 0) is 9.53 Å². The molecule has 1 atom stereocenters. The number of hydrogen-bond donors (Lipinski definition) is 0. The van der Waals surface area contributed by atoms with E-state index in [1.807, 2.05) is 67.8 Å². The minimum Gasteiger partial charge on any atom is -0.462 e. The molecule has 0 N–H and O–H groups in total. The van der Waals surface area contributed by atoms with Crippen LogP contribution in [0.15, 0.2) is 68.9 Å². The van der Waals surface area contributed by atoms with Gasteiger partial charge in [0.1, 0.15) is 6.04 Å². The molecule has 7 heteroatoms. The van der Waals surface area contributed by atoms with Gasteiger partial charge < -0.3 is 4.74 Å². The average molecular weight is 439 g/mol. The lowest BCUT2D eigenvalue weighted by atomic mass is 10.0. The second kappa shape index (κ2) is 8.53. The maximum absolute atomic E-state index is 13.4. The first-order valence-corrected chi connectivity index (χ1v) is 11.4. The SMILES string of the molecule is CC1=C(C(=O)OCC(C)C)C(c2cccs2)n2c(sc(=Cc3ccccc3)c2=O)=N1. The van der Waals surface area contributed by atoms with E-state index in [2.05, 4.69) is 4.99 Å². The van der Waals surface area contributed by atoms with E-state index in [1.165, 1.54) is 22.7 Å². The zero-order valence-electron chi connectivity index (χ0n) is 17.0. The molecule has 154 valence electrons. The van der Waals surface area contributed by atoms with Gasteiger partial charge in [-0.25, -0.2) is 9.79 Å². The Bertz CT molecular complexity index is 1270. The van der Waals surface area contributed by atoms with Crippen molar-refractivity contribution < 1.29 is 9.53 Å². The maximum Gasteiger partial charge on any atom is 0.338 e. The summed E-state index contributed by atoms with van der Waals surface area (Å²) in [7, 11) is 0. The number of hydrogen-bond acceptors (Lipinski definition) is 6. The van der Waals surface area contributed by atoms with Crippen LogP contribution in [0.3, 0.4) is 0 Å². The fourth-order valence-electron chi connectivity index (χ4n) is 3.32. The number of thiazole rings is 1. The molecule has 1 aromatic carbocycles. The van der Waals surface area contributed by atoms with Gasteiger partial charge in [0, 0.05) is 4.88 Å². The van der Waals surface area contributed by atoms with Crippen LogP contribution in [0.1, 0.15) is 37.3 Å². The topological polar surface area (TPSA) is 60.7 Å². The molecule has 0 fully saturated rings. The van der Waals surface area contributed by atoms with Gasteiger partial charge in [-0.3, -0.25) is 9.36 Å². The third-order valence-electron chi connectivity index (χ3n) is 4.70. The van der Waals surface area contributed by atoms with Crippen LogP contribution in [0.5, 0.6) is 0 Å². The number of rotatable bonds is 5. The van der Waals surface area contributed by atoms with Crippen molar-refractivity contribution in [2.24, 2.45) is 10.9 Å². The summed E-state index contributed by atoms with van der Waals surface area (Å²) in [5, 5.41) is 1.95. The zero-order chi connectivity index (χ0) is 21.3. The van der Waals surface area contributed by atoms with Crippen LogP contribution < -0.4 is 14.9 Å². The molecule has 5 nitrogen and oxygen atoms in total. The Morgan fingerprint density at radius 1 is 1.23 bits per heavy atom. The van der Waals surface area contributed by atoms with Crippen molar-refractivity contribution in [2.45, 2.75) is 26.8 Å². The van der Waals surface area contributed by atoms with Gasteiger partial charge in [-0.1, -0.05) is 61.6 Å². The molecule has 0 saturated heterocycles. The van der Waals surface area contributed by atoms with Crippen LogP contribution in [0, 0.1) is 5.92 Å². The lowest BCUT2D eigenvalue weighted by Gasteiger charge is -2.23. The van der Waals surface area contributed by atoms with E-state index >= 15 is 0 Å². The second-order valence-corrected chi connectivity index (χ2v) is 9.49. The summed E-state index contributed by atoms with van der Waals surface area (Å²) < 4.78 is 7.75. The van der Waals surface area contributed by atoms with Crippen molar-refractivity contribution in [1.29, 1.82) is 0 Å². The predicted octanol–water partition coefficient (Wildman–Crippen LogP) is 3.50. The molecule has 0 spiro atoms. The van der Waals surface area contributed by atoms with E-state index in [0.717, 1.165) is 10.4 Å². The number of benzene rings is 1.